The molecule has 0 radical (unpaired) electrons. The van der Waals surface area contributed by atoms with E-state index in [1.54, 1.807) is 0 Å². The molecule has 0 atom stereocenters. The fraction of sp³-hybridized carbons (Fsp3) is 0.316. The van der Waals surface area contributed by atoms with Crippen LogP contribution in [0.5, 0.6) is 11.5 Å². The van der Waals surface area contributed by atoms with E-state index < -0.39 is 0 Å². The summed E-state index contributed by atoms with van der Waals surface area (Å²) >= 11 is 0. The smallest absolute Gasteiger partial charge is 0.258 e. The Morgan fingerprint density at radius 3 is 2.65 bits per heavy atom. The first-order valence-electron chi connectivity index (χ1n) is 7.77. The molecule has 0 unspecified atom stereocenters. The second-order valence-electron chi connectivity index (χ2n) is 5.41. The quantitative estimate of drug-likeness (QED) is 0.852. The van der Waals surface area contributed by atoms with Crippen molar-refractivity contribution in [2.24, 2.45) is 0 Å². The van der Waals surface area contributed by atoms with Crippen molar-refractivity contribution in [3.8, 4) is 11.5 Å². The Balaban J connectivity index is 1.82. The van der Waals surface area contributed by atoms with E-state index in [1.807, 2.05) is 63.2 Å². The maximum Gasteiger partial charge on any atom is 0.258 e. The van der Waals surface area contributed by atoms with Crippen LogP contribution in [0.1, 0.15) is 23.6 Å². The van der Waals surface area contributed by atoms with Crippen molar-refractivity contribution in [3.63, 3.8) is 0 Å². The molecule has 23 heavy (non-hydrogen) atoms. The van der Waals surface area contributed by atoms with E-state index in [4.69, 9.17) is 9.47 Å². The number of amides is 1. The number of carbonyl (C=O) groups is 1. The molecule has 0 aromatic heterocycles. The number of hydrogen-bond acceptors (Lipinski definition) is 3. The van der Waals surface area contributed by atoms with Crippen molar-refractivity contribution in [2.75, 3.05) is 13.2 Å². The zero-order valence-corrected chi connectivity index (χ0v) is 13.9. The molecule has 0 aliphatic rings. The summed E-state index contributed by atoms with van der Waals surface area (Å²) in [5, 5.41) is 2.85. The lowest BCUT2D eigenvalue weighted by atomic mass is 10.1. The highest BCUT2D eigenvalue weighted by molar-refractivity contribution is 5.77. The van der Waals surface area contributed by atoms with Gasteiger partial charge in [-0.3, -0.25) is 4.79 Å². The minimum Gasteiger partial charge on any atom is -0.494 e. The predicted molar refractivity (Wildman–Crippen MR) is 90.9 cm³/mol. The van der Waals surface area contributed by atoms with E-state index in [0.717, 1.165) is 22.6 Å². The Bertz CT molecular complexity index is 667. The van der Waals surface area contributed by atoms with Gasteiger partial charge in [0.2, 0.25) is 0 Å². The van der Waals surface area contributed by atoms with E-state index in [0.29, 0.717) is 13.2 Å². The fourth-order valence-electron chi connectivity index (χ4n) is 2.27. The molecule has 0 fully saturated rings. The standard InChI is InChI=1S/C19H23NO3/c1-4-22-17-7-5-6-16(11-17)12-20-19(21)13-23-18-9-8-14(2)10-15(18)3/h5-11H,4,12-13H2,1-3H3,(H,20,21). The van der Waals surface area contributed by atoms with Crippen LogP contribution >= 0.6 is 0 Å². The van der Waals surface area contributed by atoms with Crippen LogP contribution in [0.2, 0.25) is 0 Å². The third-order valence-corrected chi connectivity index (χ3v) is 3.39. The van der Waals surface area contributed by atoms with Crippen molar-refractivity contribution in [3.05, 3.63) is 59.2 Å². The van der Waals surface area contributed by atoms with Gasteiger partial charge in [-0.1, -0.05) is 29.8 Å². The number of benzene rings is 2. The van der Waals surface area contributed by atoms with Crippen LogP contribution in [0.4, 0.5) is 0 Å². The molecule has 4 nitrogen and oxygen atoms in total. The lowest BCUT2D eigenvalue weighted by Crippen LogP contribution is -2.28. The first kappa shape index (κ1) is 16.9. The minimum absolute atomic E-state index is 0.00898. The van der Waals surface area contributed by atoms with Gasteiger partial charge in [-0.05, 0) is 50.1 Å². The van der Waals surface area contributed by atoms with E-state index in [-0.39, 0.29) is 12.5 Å². The largest absolute Gasteiger partial charge is 0.494 e. The van der Waals surface area contributed by atoms with Gasteiger partial charge in [0.05, 0.1) is 6.61 Å². The lowest BCUT2D eigenvalue weighted by Gasteiger charge is -2.11. The minimum atomic E-state index is -0.146. The average molecular weight is 313 g/mol. The predicted octanol–water partition coefficient (Wildman–Crippen LogP) is 3.40. The highest BCUT2D eigenvalue weighted by atomic mass is 16.5. The Labute approximate surface area is 137 Å². The Kier molecular flexibility index (Phi) is 6.03. The molecule has 0 saturated heterocycles. The van der Waals surface area contributed by atoms with Crippen LogP contribution in [0.3, 0.4) is 0 Å². The fourth-order valence-corrected chi connectivity index (χ4v) is 2.27. The molecule has 0 saturated carbocycles. The Morgan fingerprint density at radius 1 is 1.09 bits per heavy atom. The van der Waals surface area contributed by atoms with Crippen LogP contribution in [0.15, 0.2) is 42.5 Å². The molecule has 0 aliphatic carbocycles. The van der Waals surface area contributed by atoms with Gasteiger partial charge in [0.1, 0.15) is 11.5 Å². The Hall–Kier alpha value is -2.49. The maximum absolute atomic E-state index is 11.9. The summed E-state index contributed by atoms with van der Waals surface area (Å²) in [6, 6.07) is 13.6. The number of nitrogens with one attached hydrogen (secondary N) is 1. The van der Waals surface area contributed by atoms with Crippen LogP contribution in [-0.2, 0) is 11.3 Å². The summed E-state index contributed by atoms with van der Waals surface area (Å²) in [6.45, 7) is 7.03. The van der Waals surface area contributed by atoms with Gasteiger partial charge in [-0.2, -0.15) is 0 Å². The number of carbonyl (C=O) groups excluding carboxylic acids is 1. The molecule has 1 N–H and O–H groups in total. The summed E-state index contributed by atoms with van der Waals surface area (Å²) in [6.07, 6.45) is 0. The second-order valence-corrected chi connectivity index (χ2v) is 5.41. The number of hydrogen-bond donors (Lipinski definition) is 1. The van der Waals surface area contributed by atoms with E-state index in [1.165, 1.54) is 5.56 Å². The van der Waals surface area contributed by atoms with Crippen molar-refractivity contribution in [1.29, 1.82) is 0 Å². The molecule has 0 bridgehead atoms. The van der Waals surface area contributed by atoms with Gasteiger partial charge in [-0.15, -0.1) is 0 Å². The molecule has 2 rings (SSSR count). The molecule has 4 heteroatoms. The normalized spacial score (nSPS) is 10.2. The SMILES string of the molecule is CCOc1cccc(CNC(=O)COc2ccc(C)cc2C)c1. The van der Waals surface area contributed by atoms with Crippen molar-refractivity contribution >= 4 is 5.91 Å². The van der Waals surface area contributed by atoms with E-state index in [2.05, 4.69) is 5.32 Å². The number of ether oxygens (including phenoxy) is 2. The zero-order valence-electron chi connectivity index (χ0n) is 13.9. The molecule has 0 spiro atoms. The van der Waals surface area contributed by atoms with Gasteiger partial charge < -0.3 is 14.8 Å². The topological polar surface area (TPSA) is 47.6 Å². The van der Waals surface area contributed by atoms with E-state index >= 15 is 0 Å². The lowest BCUT2D eigenvalue weighted by molar-refractivity contribution is -0.123. The summed E-state index contributed by atoms with van der Waals surface area (Å²) in [5.74, 6) is 1.40. The average Bonchev–Trinajstić information content (AvgIpc) is 2.53. The summed E-state index contributed by atoms with van der Waals surface area (Å²) in [7, 11) is 0. The first-order chi connectivity index (χ1) is 11.1. The Morgan fingerprint density at radius 2 is 1.91 bits per heavy atom. The number of aryl methyl sites for hydroxylation is 2. The monoisotopic (exact) mass is 313 g/mol. The molecule has 1 amide bonds. The molecule has 2 aromatic carbocycles. The molecular weight excluding hydrogens is 290 g/mol. The highest BCUT2D eigenvalue weighted by Gasteiger charge is 2.05. The molecule has 2 aromatic rings. The van der Waals surface area contributed by atoms with Crippen LogP contribution in [-0.4, -0.2) is 19.1 Å². The van der Waals surface area contributed by atoms with Crippen molar-refractivity contribution < 1.29 is 14.3 Å². The third kappa shape index (κ3) is 5.33. The third-order valence-electron chi connectivity index (χ3n) is 3.39. The van der Waals surface area contributed by atoms with Crippen LogP contribution in [0.25, 0.3) is 0 Å². The number of rotatable bonds is 7. The molecular formula is C19H23NO3. The highest BCUT2D eigenvalue weighted by Crippen LogP contribution is 2.18. The van der Waals surface area contributed by atoms with Gasteiger partial charge in [-0.25, -0.2) is 0 Å². The maximum atomic E-state index is 11.9. The van der Waals surface area contributed by atoms with Gasteiger partial charge >= 0.3 is 0 Å². The molecule has 0 aliphatic heterocycles. The van der Waals surface area contributed by atoms with Gasteiger partial charge in [0.15, 0.2) is 6.61 Å². The summed E-state index contributed by atoms with van der Waals surface area (Å²) < 4.78 is 11.0. The first-order valence-corrected chi connectivity index (χ1v) is 7.77. The van der Waals surface area contributed by atoms with E-state index in [9.17, 15) is 4.79 Å². The van der Waals surface area contributed by atoms with Crippen molar-refractivity contribution in [1.82, 2.24) is 5.32 Å². The summed E-state index contributed by atoms with van der Waals surface area (Å²) in [4.78, 5) is 11.9. The zero-order chi connectivity index (χ0) is 16.7. The van der Waals surface area contributed by atoms with Crippen LogP contribution < -0.4 is 14.8 Å². The van der Waals surface area contributed by atoms with Crippen LogP contribution in [0, 0.1) is 13.8 Å². The van der Waals surface area contributed by atoms with Gasteiger partial charge in [0, 0.05) is 6.54 Å². The summed E-state index contributed by atoms with van der Waals surface area (Å²) in [5.41, 5.74) is 3.20. The second kappa shape index (κ2) is 8.22. The molecule has 0 heterocycles. The van der Waals surface area contributed by atoms with Gasteiger partial charge in [0.25, 0.3) is 5.91 Å². The van der Waals surface area contributed by atoms with Crippen molar-refractivity contribution in [2.45, 2.75) is 27.3 Å². The molecule has 122 valence electrons.